The predicted octanol–water partition coefficient (Wildman–Crippen LogP) is 0.808. The molecular formula is C5H7F2N3O2. The third-order valence-corrected chi connectivity index (χ3v) is 0.807. The van der Waals surface area contributed by atoms with E-state index in [2.05, 4.69) is 10.2 Å². The van der Waals surface area contributed by atoms with E-state index in [1.165, 1.54) is 0 Å². The number of carboxylic acids is 1. The Balaban J connectivity index is 3.61. The summed E-state index contributed by atoms with van der Waals surface area (Å²) in [5.41, 5.74) is -0.673. The van der Waals surface area contributed by atoms with E-state index >= 15 is 0 Å². The molecule has 0 aromatic carbocycles. The summed E-state index contributed by atoms with van der Waals surface area (Å²) in [5, 5.41) is 20.8. The Kier molecular flexibility index (Phi) is 4.66. The summed E-state index contributed by atoms with van der Waals surface area (Å²) in [6.45, 7) is -1.23. The number of halogens is 2. The van der Waals surface area contributed by atoms with Crippen LogP contribution in [0.5, 0.6) is 0 Å². The van der Waals surface area contributed by atoms with Crippen LogP contribution in [0.2, 0.25) is 0 Å². The molecule has 2 N–H and O–H groups in total. The average Bonchev–Trinajstić information content (AvgIpc) is 1.97. The highest BCUT2D eigenvalue weighted by Crippen LogP contribution is 1.92. The van der Waals surface area contributed by atoms with Gasteiger partial charge in [-0.3, -0.25) is 5.41 Å². The Morgan fingerprint density at radius 1 is 1.50 bits per heavy atom. The summed E-state index contributed by atoms with van der Waals surface area (Å²) < 4.78 is 22.8. The molecular weight excluding hydrogens is 172 g/mol. The zero-order valence-corrected chi connectivity index (χ0v) is 6.00. The van der Waals surface area contributed by atoms with E-state index in [4.69, 9.17) is 10.5 Å². The van der Waals surface area contributed by atoms with Crippen LogP contribution in [0.15, 0.2) is 10.2 Å². The lowest BCUT2D eigenvalue weighted by Crippen LogP contribution is -2.14. The molecule has 0 atom stereocenters. The minimum atomic E-state index is -2.59. The molecule has 0 unspecified atom stereocenters. The smallest absolute Gasteiger partial charge is 0.351 e. The summed E-state index contributed by atoms with van der Waals surface area (Å²) in [6.07, 6.45) is -2.59. The molecule has 0 spiro atoms. The van der Waals surface area contributed by atoms with Gasteiger partial charge in [0.2, 0.25) is 0 Å². The van der Waals surface area contributed by atoms with Gasteiger partial charge in [-0.15, -0.1) is 0 Å². The van der Waals surface area contributed by atoms with E-state index in [-0.39, 0.29) is 0 Å². The van der Waals surface area contributed by atoms with Crippen LogP contribution in [0.25, 0.3) is 0 Å². The SMILES string of the molecule is N=C(CN=NCC(F)F)C(=O)O. The number of hydrogen-bond donors (Lipinski definition) is 2. The average molecular weight is 179 g/mol. The van der Waals surface area contributed by atoms with Crippen LogP contribution in [0, 0.1) is 5.41 Å². The van der Waals surface area contributed by atoms with Crippen molar-refractivity contribution < 1.29 is 18.7 Å². The maximum Gasteiger partial charge on any atom is 0.351 e. The molecule has 0 amide bonds. The quantitative estimate of drug-likeness (QED) is 0.483. The van der Waals surface area contributed by atoms with Gasteiger partial charge in [0.1, 0.15) is 18.8 Å². The molecule has 0 aliphatic rings. The van der Waals surface area contributed by atoms with Crippen LogP contribution < -0.4 is 0 Å². The summed E-state index contributed by atoms with van der Waals surface area (Å²) in [6, 6.07) is 0. The molecule has 12 heavy (non-hydrogen) atoms. The molecule has 7 heteroatoms. The molecule has 0 heterocycles. The molecule has 0 aliphatic carbocycles. The molecule has 0 aromatic rings. The lowest BCUT2D eigenvalue weighted by molar-refractivity contribution is -0.129. The molecule has 68 valence electrons. The van der Waals surface area contributed by atoms with Crippen molar-refractivity contribution in [3.05, 3.63) is 0 Å². The molecule has 0 bridgehead atoms. The van der Waals surface area contributed by atoms with Gasteiger partial charge in [0.05, 0.1) is 0 Å². The van der Waals surface area contributed by atoms with Crippen molar-refractivity contribution in [1.82, 2.24) is 0 Å². The molecule has 0 aliphatic heterocycles. The number of carboxylic acid groups (broad SMARTS) is 1. The lowest BCUT2D eigenvalue weighted by atomic mass is 10.4. The molecule has 0 radical (unpaired) electrons. The van der Waals surface area contributed by atoms with Gasteiger partial charge in [0, 0.05) is 0 Å². The van der Waals surface area contributed by atoms with Gasteiger partial charge in [-0.2, -0.15) is 10.2 Å². The standard InChI is InChI=1S/C5H7F2N3O2/c6-4(7)2-10-9-1-3(8)5(11)12/h4,8H,1-2H2,(H,11,12). The van der Waals surface area contributed by atoms with Crippen molar-refractivity contribution in [2.75, 3.05) is 13.1 Å². The third-order valence-electron chi connectivity index (χ3n) is 0.807. The Hall–Kier alpha value is -1.40. The zero-order valence-electron chi connectivity index (χ0n) is 6.00. The number of nitrogens with zero attached hydrogens (tertiary/aromatic N) is 2. The van der Waals surface area contributed by atoms with Gasteiger partial charge in [-0.05, 0) is 0 Å². The fourth-order valence-corrected chi connectivity index (χ4v) is 0.308. The second-order valence-corrected chi connectivity index (χ2v) is 1.80. The van der Waals surface area contributed by atoms with Crippen LogP contribution >= 0.6 is 0 Å². The van der Waals surface area contributed by atoms with Gasteiger partial charge in [-0.1, -0.05) is 0 Å². The second kappa shape index (κ2) is 5.28. The largest absolute Gasteiger partial charge is 0.477 e. The number of azo groups is 1. The first-order valence-electron chi connectivity index (χ1n) is 2.96. The molecule has 0 saturated heterocycles. The maximum absolute atomic E-state index is 11.4. The second-order valence-electron chi connectivity index (χ2n) is 1.80. The van der Waals surface area contributed by atoms with Crippen molar-refractivity contribution in [3.8, 4) is 0 Å². The monoisotopic (exact) mass is 179 g/mol. The third kappa shape index (κ3) is 5.39. The first-order chi connectivity index (χ1) is 5.54. The Morgan fingerprint density at radius 2 is 2.08 bits per heavy atom. The van der Waals surface area contributed by atoms with Crippen molar-refractivity contribution >= 4 is 11.7 Å². The van der Waals surface area contributed by atoms with E-state index in [0.717, 1.165) is 0 Å². The highest BCUT2D eigenvalue weighted by atomic mass is 19.3. The van der Waals surface area contributed by atoms with E-state index in [9.17, 15) is 13.6 Å². The number of hydrogen-bond acceptors (Lipinski definition) is 4. The number of carbonyl (C=O) groups is 1. The van der Waals surface area contributed by atoms with E-state index in [1.54, 1.807) is 0 Å². The minimum absolute atomic E-state index is 0.470. The van der Waals surface area contributed by atoms with Crippen molar-refractivity contribution in [3.63, 3.8) is 0 Å². The molecule has 0 fully saturated rings. The van der Waals surface area contributed by atoms with Gasteiger partial charge in [0.15, 0.2) is 0 Å². The molecule has 0 saturated carbocycles. The summed E-state index contributed by atoms with van der Waals surface area (Å²) in [5.74, 6) is -1.43. The van der Waals surface area contributed by atoms with Crippen LogP contribution in [0.3, 0.4) is 0 Å². The van der Waals surface area contributed by atoms with Crippen LogP contribution in [0.1, 0.15) is 0 Å². The summed E-state index contributed by atoms with van der Waals surface area (Å²) in [4.78, 5) is 9.95. The van der Waals surface area contributed by atoms with Crippen LogP contribution in [-0.2, 0) is 4.79 Å². The Morgan fingerprint density at radius 3 is 2.50 bits per heavy atom. The highest BCUT2D eigenvalue weighted by molar-refractivity contribution is 6.35. The number of rotatable bonds is 5. The van der Waals surface area contributed by atoms with Gasteiger partial charge < -0.3 is 5.11 Å². The topological polar surface area (TPSA) is 85.9 Å². The van der Waals surface area contributed by atoms with E-state index in [0.29, 0.717) is 0 Å². The van der Waals surface area contributed by atoms with Crippen molar-refractivity contribution in [1.29, 1.82) is 5.41 Å². The normalized spacial score (nSPS) is 10.9. The van der Waals surface area contributed by atoms with Crippen molar-refractivity contribution in [2.45, 2.75) is 6.43 Å². The summed E-state index contributed by atoms with van der Waals surface area (Å²) >= 11 is 0. The fraction of sp³-hybridized carbons (Fsp3) is 0.600. The van der Waals surface area contributed by atoms with Gasteiger partial charge in [0.25, 0.3) is 6.43 Å². The first kappa shape index (κ1) is 10.6. The predicted molar refractivity (Wildman–Crippen MR) is 36.0 cm³/mol. The molecule has 5 nitrogen and oxygen atoms in total. The van der Waals surface area contributed by atoms with E-state index < -0.39 is 31.2 Å². The van der Waals surface area contributed by atoms with Gasteiger partial charge in [-0.25, -0.2) is 13.6 Å². The van der Waals surface area contributed by atoms with Gasteiger partial charge >= 0.3 is 5.97 Å². The van der Waals surface area contributed by atoms with E-state index in [1.807, 2.05) is 0 Å². The highest BCUT2D eigenvalue weighted by Gasteiger charge is 2.04. The fourth-order valence-electron chi connectivity index (χ4n) is 0.308. The Bertz CT molecular complexity index is 205. The minimum Gasteiger partial charge on any atom is -0.477 e. The first-order valence-corrected chi connectivity index (χ1v) is 2.96. The number of nitrogens with one attached hydrogen (secondary N) is 1. The number of alkyl halides is 2. The molecule has 0 aromatic heterocycles. The summed E-state index contributed by atoms with van der Waals surface area (Å²) in [7, 11) is 0. The number of aliphatic carboxylic acids is 1. The van der Waals surface area contributed by atoms with Crippen LogP contribution in [-0.4, -0.2) is 36.3 Å². The van der Waals surface area contributed by atoms with Crippen LogP contribution in [0.4, 0.5) is 8.78 Å². The Labute approximate surface area is 66.6 Å². The zero-order chi connectivity index (χ0) is 9.56. The lowest BCUT2D eigenvalue weighted by Gasteiger charge is -1.91. The molecule has 0 rings (SSSR count). The van der Waals surface area contributed by atoms with Crippen molar-refractivity contribution in [2.24, 2.45) is 10.2 Å². The maximum atomic E-state index is 11.4.